The SMILES string of the molecule is Cc1cccc(-c2nnc(CCCCl)s2)c1I. The molecule has 17 heavy (non-hydrogen) atoms. The van der Waals surface area contributed by atoms with Crippen molar-refractivity contribution in [3.05, 3.63) is 32.3 Å². The van der Waals surface area contributed by atoms with Gasteiger partial charge in [-0.25, -0.2) is 0 Å². The summed E-state index contributed by atoms with van der Waals surface area (Å²) in [6.07, 6.45) is 1.88. The van der Waals surface area contributed by atoms with Crippen LogP contribution in [-0.4, -0.2) is 16.1 Å². The van der Waals surface area contributed by atoms with Gasteiger partial charge in [0.15, 0.2) is 0 Å². The molecule has 0 fully saturated rings. The van der Waals surface area contributed by atoms with Crippen molar-refractivity contribution in [3.8, 4) is 10.6 Å². The number of alkyl halides is 1. The van der Waals surface area contributed by atoms with E-state index in [1.807, 2.05) is 0 Å². The summed E-state index contributed by atoms with van der Waals surface area (Å²) in [5.41, 5.74) is 2.46. The van der Waals surface area contributed by atoms with E-state index in [2.05, 4.69) is 57.9 Å². The quantitative estimate of drug-likeness (QED) is 0.586. The van der Waals surface area contributed by atoms with Crippen molar-refractivity contribution in [1.29, 1.82) is 0 Å². The highest BCUT2D eigenvalue weighted by molar-refractivity contribution is 14.1. The molecule has 0 spiro atoms. The van der Waals surface area contributed by atoms with E-state index >= 15 is 0 Å². The lowest BCUT2D eigenvalue weighted by Gasteiger charge is -2.02. The third-order valence-electron chi connectivity index (χ3n) is 2.41. The fraction of sp³-hybridized carbons (Fsp3) is 0.333. The minimum absolute atomic E-state index is 0.677. The number of hydrogen-bond donors (Lipinski definition) is 0. The highest BCUT2D eigenvalue weighted by atomic mass is 127. The maximum Gasteiger partial charge on any atom is 0.148 e. The molecule has 90 valence electrons. The van der Waals surface area contributed by atoms with Crippen LogP contribution in [0.4, 0.5) is 0 Å². The zero-order valence-electron chi connectivity index (χ0n) is 9.41. The molecule has 0 N–H and O–H groups in total. The van der Waals surface area contributed by atoms with Gasteiger partial charge in [-0.2, -0.15) is 0 Å². The summed E-state index contributed by atoms with van der Waals surface area (Å²) < 4.78 is 1.25. The Hall–Kier alpha value is -0.200. The van der Waals surface area contributed by atoms with Gasteiger partial charge in [0.05, 0.1) is 0 Å². The van der Waals surface area contributed by atoms with Crippen molar-refractivity contribution < 1.29 is 0 Å². The van der Waals surface area contributed by atoms with Crippen LogP contribution in [-0.2, 0) is 6.42 Å². The molecule has 5 heteroatoms. The first-order valence-corrected chi connectivity index (χ1v) is 7.79. The summed E-state index contributed by atoms with van der Waals surface area (Å²) in [6, 6.07) is 6.27. The van der Waals surface area contributed by atoms with Gasteiger partial charge in [0, 0.05) is 21.4 Å². The molecule has 0 amide bonds. The van der Waals surface area contributed by atoms with Gasteiger partial charge in [-0.05, 0) is 41.5 Å². The first kappa shape index (κ1) is 13.2. The van der Waals surface area contributed by atoms with Crippen LogP contribution in [0.3, 0.4) is 0 Å². The Kier molecular flexibility index (Phi) is 4.76. The molecule has 2 rings (SSSR count). The smallest absolute Gasteiger partial charge is 0.143 e. The molecule has 0 aliphatic rings. The molecule has 0 atom stereocenters. The topological polar surface area (TPSA) is 25.8 Å². The third-order valence-corrected chi connectivity index (χ3v) is 5.13. The molecule has 0 unspecified atom stereocenters. The van der Waals surface area contributed by atoms with E-state index in [0.717, 1.165) is 22.9 Å². The van der Waals surface area contributed by atoms with Crippen LogP contribution in [0.25, 0.3) is 10.6 Å². The maximum absolute atomic E-state index is 5.68. The van der Waals surface area contributed by atoms with Crippen molar-refractivity contribution in [3.63, 3.8) is 0 Å². The minimum atomic E-state index is 0.677. The highest BCUT2D eigenvalue weighted by Gasteiger charge is 2.10. The van der Waals surface area contributed by atoms with E-state index in [0.29, 0.717) is 5.88 Å². The lowest BCUT2D eigenvalue weighted by atomic mass is 10.1. The molecular weight excluding hydrogens is 367 g/mol. The van der Waals surface area contributed by atoms with Gasteiger partial charge in [0.25, 0.3) is 0 Å². The second-order valence-electron chi connectivity index (χ2n) is 3.73. The number of nitrogens with zero attached hydrogens (tertiary/aromatic N) is 2. The Morgan fingerprint density at radius 3 is 2.94 bits per heavy atom. The van der Waals surface area contributed by atoms with E-state index in [9.17, 15) is 0 Å². The van der Waals surface area contributed by atoms with Crippen LogP contribution in [0.2, 0.25) is 0 Å². The largest absolute Gasteiger partial charge is 0.148 e. The number of hydrogen-bond acceptors (Lipinski definition) is 3. The molecule has 2 aromatic rings. The first-order chi connectivity index (χ1) is 8.22. The molecule has 1 aromatic carbocycles. The Labute approximate surface area is 124 Å². The number of aryl methyl sites for hydroxylation is 2. The van der Waals surface area contributed by atoms with Crippen LogP contribution in [0.1, 0.15) is 17.0 Å². The van der Waals surface area contributed by atoms with Crippen molar-refractivity contribution in [2.24, 2.45) is 0 Å². The third kappa shape index (κ3) is 3.17. The molecule has 0 aliphatic carbocycles. The van der Waals surface area contributed by atoms with E-state index in [-0.39, 0.29) is 0 Å². The second kappa shape index (κ2) is 6.11. The standard InChI is InChI=1S/C12H12ClIN2S/c1-8-4-2-5-9(11(8)14)12-16-15-10(17-12)6-3-7-13/h2,4-5H,3,6-7H2,1H3. The predicted octanol–water partition coefficient (Wildman–Crippen LogP) is 4.29. The summed E-state index contributed by atoms with van der Waals surface area (Å²) in [5.74, 6) is 0.677. The van der Waals surface area contributed by atoms with Crippen LogP contribution >= 0.6 is 45.5 Å². The molecule has 2 nitrogen and oxygen atoms in total. The monoisotopic (exact) mass is 378 g/mol. The van der Waals surface area contributed by atoms with Crippen molar-refractivity contribution in [1.82, 2.24) is 10.2 Å². The Morgan fingerprint density at radius 2 is 2.18 bits per heavy atom. The average molecular weight is 379 g/mol. The number of halogens is 2. The fourth-order valence-electron chi connectivity index (χ4n) is 1.49. The van der Waals surface area contributed by atoms with Gasteiger partial charge in [0.1, 0.15) is 10.0 Å². The predicted molar refractivity (Wildman–Crippen MR) is 81.8 cm³/mol. The molecule has 0 aliphatic heterocycles. The lowest BCUT2D eigenvalue weighted by Crippen LogP contribution is -1.86. The lowest BCUT2D eigenvalue weighted by molar-refractivity contribution is 0.884. The van der Waals surface area contributed by atoms with Gasteiger partial charge in [-0.15, -0.1) is 21.8 Å². The second-order valence-corrected chi connectivity index (χ2v) is 6.25. The number of aromatic nitrogens is 2. The summed E-state index contributed by atoms with van der Waals surface area (Å²) in [5, 5.41) is 10.5. The Morgan fingerprint density at radius 1 is 1.35 bits per heavy atom. The van der Waals surface area contributed by atoms with Gasteiger partial charge in [-0.1, -0.05) is 29.5 Å². The zero-order valence-corrected chi connectivity index (χ0v) is 13.1. The summed E-state index contributed by atoms with van der Waals surface area (Å²) in [6.45, 7) is 2.11. The van der Waals surface area contributed by atoms with E-state index in [1.54, 1.807) is 11.3 Å². The Balaban J connectivity index is 2.27. The van der Waals surface area contributed by atoms with E-state index in [1.165, 1.54) is 14.7 Å². The molecule has 0 bridgehead atoms. The zero-order chi connectivity index (χ0) is 12.3. The summed E-state index contributed by atoms with van der Waals surface area (Å²) >= 11 is 9.70. The van der Waals surface area contributed by atoms with Gasteiger partial charge >= 0.3 is 0 Å². The highest BCUT2D eigenvalue weighted by Crippen LogP contribution is 2.30. The molecule has 1 aromatic heterocycles. The molecule has 0 radical (unpaired) electrons. The molecule has 0 saturated heterocycles. The minimum Gasteiger partial charge on any atom is -0.143 e. The average Bonchev–Trinajstić information content (AvgIpc) is 2.78. The fourth-order valence-corrected chi connectivity index (χ4v) is 3.34. The molecule has 1 heterocycles. The number of benzene rings is 1. The van der Waals surface area contributed by atoms with Crippen molar-refractivity contribution in [2.75, 3.05) is 5.88 Å². The van der Waals surface area contributed by atoms with E-state index in [4.69, 9.17) is 11.6 Å². The van der Waals surface area contributed by atoms with Crippen LogP contribution in [0.15, 0.2) is 18.2 Å². The summed E-state index contributed by atoms with van der Waals surface area (Å²) in [7, 11) is 0. The van der Waals surface area contributed by atoms with E-state index < -0.39 is 0 Å². The van der Waals surface area contributed by atoms with Gasteiger partial charge in [0.2, 0.25) is 0 Å². The van der Waals surface area contributed by atoms with Crippen LogP contribution < -0.4 is 0 Å². The number of rotatable bonds is 4. The normalized spacial score (nSPS) is 10.8. The molecular formula is C12H12ClIN2S. The van der Waals surface area contributed by atoms with Crippen LogP contribution in [0, 0.1) is 10.5 Å². The first-order valence-electron chi connectivity index (χ1n) is 5.36. The maximum atomic E-state index is 5.68. The molecule has 0 saturated carbocycles. The van der Waals surface area contributed by atoms with Crippen molar-refractivity contribution >= 4 is 45.5 Å². The summed E-state index contributed by atoms with van der Waals surface area (Å²) in [4.78, 5) is 0. The Bertz CT molecular complexity index is 513. The van der Waals surface area contributed by atoms with Gasteiger partial charge < -0.3 is 0 Å². The van der Waals surface area contributed by atoms with Crippen LogP contribution in [0.5, 0.6) is 0 Å². The van der Waals surface area contributed by atoms with Gasteiger partial charge in [-0.3, -0.25) is 0 Å². The van der Waals surface area contributed by atoms with Crippen molar-refractivity contribution in [2.45, 2.75) is 19.8 Å².